The molecule has 1 aliphatic rings. The van der Waals surface area contributed by atoms with Gasteiger partial charge >= 0.3 is 0 Å². The van der Waals surface area contributed by atoms with Gasteiger partial charge in [-0.1, -0.05) is 6.07 Å². The van der Waals surface area contributed by atoms with Crippen LogP contribution in [0.4, 0.5) is 8.78 Å². The minimum Gasteiger partial charge on any atom is -0.347 e. The number of carbonyl (C=O) groups is 1. The minimum absolute atomic E-state index is 0. The van der Waals surface area contributed by atoms with Gasteiger partial charge in [0.1, 0.15) is 0 Å². The van der Waals surface area contributed by atoms with Crippen LogP contribution in [0.15, 0.2) is 18.2 Å². The van der Waals surface area contributed by atoms with E-state index in [0.29, 0.717) is 12.1 Å². The summed E-state index contributed by atoms with van der Waals surface area (Å²) in [7, 11) is 0. The Bertz CT molecular complexity index is 488. The molecule has 1 amide bonds. The van der Waals surface area contributed by atoms with Crippen molar-refractivity contribution in [2.75, 3.05) is 13.1 Å². The number of halogens is 3. The Morgan fingerprint density at radius 2 is 2.05 bits per heavy atom. The quantitative estimate of drug-likeness (QED) is 0.900. The summed E-state index contributed by atoms with van der Waals surface area (Å²) < 4.78 is 26.2. The molecule has 2 rings (SSSR count). The summed E-state index contributed by atoms with van der Waals surface area (Å²) in [6.07, 6.45) is 0.805. The van der Waals surface area contributed by atoms with Gasteiger partial charge in [0, 0.05) is 6.54 Å². The molecule has 1 aromatic carbocycles. The predicted octanol–water partition coefficient (Wildman–Crippen LogP) is 2.35. The predicted molar refractivity (Wildman–Crippen MR) is 75.8 cm³/mol. The SMILES string of the molecule is CC(C)(NC(=O)C1CCNC1)c1ccc(F)c(F)c1.Cl. The van der Waals surface area contributed by atoms with Gasteiger partial charge in [-0.05, 0) is 44.5 Å². The molecule has 0 saturated carbocycles. The van der Waals surface area contributed by atoms with E-state index in [9.17, 15) is 13.6 Å². The number of carbonyl (C=O) groups excluding carboxylic acids is 1. The van der Waals surface area contributed by atoms with Crippen LogP contribution >= 0.6 is 12.4 Å². The Hall–Kier alpha value is -1.20. The third kappa shape index (κ3) is 3.67. The van der Waals surface area contributed by atoms with E-state index in [2.05, 4.69) is 10.6 Å². The van der Waals surface area contributed by atoms with Crippen LogP contribution in [0.1, 0.15) is 25.8 Å². The van der Waals surface area contributed by atoms with Crippen LogP contribution in [0.25, 0.3) is 0 Å². The number of hydrogen-bond acceptors (Lipinski definition) is 2. The molecule has 0 radical (unpaired) electrons. The maximum Gasteiger partial charge on any atom is 0.225 e. The monoisotopic (exact) mass is 304 g/mol. The van der Waals surface area contributed by atoms with Crippen LogP contribution in [0.3, 0.4) is 0 Å². The summed E-state index contributed by atoms with van der Waals surface area (Å²) in [4.78, 5) is 12.1. The van der Waals surface area contributed by atoms with Gasteiger partial charge < -0.3 is 10.6 Å². The Morgan fingerprint density at radius 1 is 1.35 bits per heavy atom. The van der Waals surface area contributed by atoms with Crippen LogP contribution in [-0.2, 0) is 10.3 Å². The number of hydrogen-bond donors (Lipinski definition) is 2. The molecule has 112 valence electrons. The van der Waals surface area contributed by atoms with Gasteiger partial charge in [0.15, 0.2) is 11.6 Å². The fourth-order valence-electron chi connectivity index (χ4n) is 2.25. The van der Waals surface area contributed by atoms with E-state index in [-0.39, 0.29) is 24.2 Å². The van der Waals surface area contributed by atoms with Crippen LogP contribution in [0, 0.1) is 17.6 Å². The Labute approximate surface area is 123 Å². The minimum atomic E-state index is -0.901. The van der Waals surface area contributed by atoms with Crippen molar-refractivity contribution in [2.45, 2.75) is 25.8 Å². The molecule has 0 spiro atoms. The molecule has 3 nitrogen and oxygen atoms in total. The van der Waals surface area contributed by atoms with Gasteiger partial charge in [0.25, 0.3) is 0 Å². The third-order valence-electron chi connectivity index (χ3n) is 3.51. The summed E-state index contributed by atoms with van der Waals surface area (Å²) in [5, 5.41) is 6.02. The lowest BCUT2D eigenvalue weighted by Gasteiger charge is -2.28. The van der Waals surface area contributed by atoms with Crippen molar-refractivity contribution in [3.63, 3.8) is 0 Å². The van der Waals surface area contributed by atoms with Crippen LogP contribution in [-0.4, -0.2) is 19.0 Å². The molecule has 1 fully saturated rings. The molecule has 0 bridgehead atoms. The average Bonchev–Trinajstić information content (AvgIpc) is 2.85. The highest BCUT2D eigenvalue weighted by Crippen LogP contribution is 2.23. The van der Waals surface area contributed by atoms with E-state index in [4.69, 9.17) is 0 Å². The molecule has 1 heterocycles. The van der Waals surface area contributed by atoms with Crippen molar-refractivity contribution in [2.24, 2.45) is 5.92 Å². The molecule has 6 heteroatoms. The maximum atomic E-state index is 13.3. The Balaban J connectivity index is 0.00000200. The van der Waals surface area contributed by atoms with E-state index >= 15 is 0 Å². The lowest BCUT2D eigenvalue weighted by Crippen LogP contribution is -2.44. The number of benzene rings is 1. The normalized spacial score (nSPS) is 18.5. The molecule has 2 N–H and O–H groups in total. The molecular weight excluding hydrogens is 286 g/mol. The summed E-state index contributed by atoms with van der Waals surface area (Å²) in [5.41, 5.74) is -0.181. The van der Waals surface area contributed by atoms with Crippen molar-refractivity contribution in [3.05, 3.63) is 35.4 Å². The summed E-state index contributed by atoms with van der Waals surface area (Å²) in [5.74, 6) is -1.89. The topological polar surface area (TPSA) is 41.1 Å². The largest absolute Gasteiger partial charge is 0.347 e. The zero-order valence-corrected chi connectivity index (χ0v) is 12.3. The highest BCUT2D eigenvalue weighted by Gasteiger charge is 2.29. The summed E-state index contributed by atoms with van der Waals surface area (Å²) in [6.45, 7) is 5.06. The van der Waals surface area contributed by atoms with Gasteiger partial charge in [0.05, 0.1) is 11.5 Å². The first-order chi connectivity index (χ1) is 8.90. The second-order valence-electron chi connectivity index (χ2n) is 5.43. The highest BCUT2D eigenvalue weighted by atomic mass is 35.5. The Kier molecular flexibility index (Phi) is 5.48. The van der Waals surface area contributed by atoms with Crippen molar-refractivity contribution in [1.29, 1.82) is 0 Å². The van der Waals surface area contributed by atoms with E-state index in [1.807, 2.05) is 0 Å². The van der Waals surface area contributed by atoms with Crippen LogP contribution in [0.2, 0.25) is 0 Å². The van der Waals surface area contributed by atoms with E-state index in [0.717, 1.165) is 25.1 Å². The molecule has 1 aromatic rings. The average molecular weight is 305 g/mol. The zero-order chi connectivity index (χ0) is 14.0. The number of nitrogens with one attached hydrogen (secondary N) is 2. The summed E-state index contributed by atoms with van der Waals surface area (Å²) in [6, 6.07) is 3.70. The van der Waals surface area contributed by atoms with Crippen LogP contribution in [0.5, 0.6) is 0 Å². The molecule has 0 aliphatic carbocycles. The number of amides is 1. The van der Waals surface area contributed by atoms with Crippen LogP contribution < -0.4 is 10.6 Å². The van der Waals surface area contributed by atoms with Crippen molar-refractivity contribution < 1.29 is 13.6 Å². The van der Waals surface area contributed by atoms with Crippen molar-refractivity contribution >= 4 is 18.3 Å². The van der Waals surface area contributed by atoms with Gasteiger partial charge in [0.2, 0.25) is 5.91 Å². The van der Waals surface area contributed by atoms with Gasteiger partial charge in [-0.25, -0.2) is 8.78 Å². The van der Waals surface area contributed by atoms with Gasteiger partial charge in [-0.3, -0.25) is 4.79 Å². The fourth-order valence-corrected chi connectivity index (χ4v) is 2.25. The molecule has 1 saturated heterocycles. The van der Waals surface area contributed by atoms with E-state index < -0.39 is 17.2 Å². The number of rotatable bonds is 3. The van der Waals surface area contributed by atoms with E-state index in [1.165, 1.54) is 6.07 Å². The molecule has 1 unspecified atom stereocenters. The first-order valence-electron chi connectivity index (χ1n) is 6.38. The lowest BCUT2D eigenvalue weighted by molar-refractivity contribution is -0.126. The Morgan fingerprint density at radius 3 is 2.60 bits per heavy atom. The van der Waals surface area contributed by atoms with Gasteiger partial charge in [-0.15, -0.1) is 12.4 Å². The highest BCUT2D eigenvalue weighted by molar-refractivity contribution is 5.85. The molecule has 1 aliphatic heterocycles. The third-order valence-corrected chi connectivity index (χ3v) is 3.51. The molecular formula is C14H19ClF2N2O. The first-order valence-corrected chi connectivity index (χ1v) is 6.38. The molecule has 0 aromatic heterocycles. The van der Waals surface area contributed by atoms with E-state index in [1.54, 1.807) is 13.8 Å². The first kappa shape index (κ1) is 16.9. The molecule has 1 atom stereocenters. The zero-order valence-electron chi connectivity index (χ0n) is 11.5. The smallest absolute Gasteiger partial charge is 0.225 e. The second-order valence-corrected chi connectivity index (χ2v) is 5.43. The lowest BCUT2D eigenvalue weighted by atomic mass is 9.93. The van der Waals surface area contributed by atoms with Crippen molar-refractivity contribution in [3.8, 4) is 0 Å². The standard InChI is InChI=1S/C14H18F2N2O.ClH/c1-14(2,10-3-4-11(15)12(16)7-10)18-13(19)9-5-6-17-8-9;/h3-4,7,9,17H,5-6,8H2,1-2H3,(H,18,19);1H. The van der Waals surface area contributed by atoms with Crippen molar-refractivity contribution in [1.82, 2.24) is 10.6 Å². The maximum absolute atomic E-state index is 13.3. The molecule has 20 heavy (non-hydrogen) atoms. The second kappa shape index (κ2) is 6.50. The fraction of sp³-hybridized carbons (Fsp3) is 0.500. The summed E-state index contributed by atoms with van der Waals surface area (Å²) >= 11 is 0. The van der Waals surface area contributed by atoms with Gasteiger partial charge in [-0.2, -0.15) is 0 Å².